The highest BCUT2D eigenvalue weighted by atomic mass is 32.2. The number of hydrogen-bond donors (Lipinski definition) is 2. The van der Waals surface area contributed by atoms with E-state index >= 15 is 0 Å². The summed E-state index contributed by atoms with van der Waals surface area (Å²) in [4.78, 5) is 34.6. The molecule has 0 spiro atoms. The smallest absolute Gasteiger partial charge is 0.244 e. The number of anilines is 1. The van der Waals surface area contributed by atoms with E-state index in [1.54, 1.807) is 18.8 Å². The Kier molecular flexibility index (Phi) is 6.41. The fourth-order valence-corrected chi connectivity index (χ4v) is 3.86. The van der Waals surface area contributed by atoms with Gasteiger partial charge in [0.2, 0.25) is 11.8 Å². The van der Waals surface area contributed by atoms with Gasteiger partial charge in [-0.2, -0.15) is 0 Å². The number of carbonyl (C=O) groups is 2. The van der Waals surface area contributed by atoms with Crippen LogP contribution >= 0.6 is 23.5 Å². The molecule has 0 aliphatic rings. The van der Waals surface area contributed by atoms with Crippen molar-refractivity contribution >= 4 is 52.1 Å². The summed E-state index contributed by atoms with van der Waals surface area (Å²) in [6.45, 7) is 0.00222. The Bertz CT molecular complexity index is 925. The molecule has 0 aliphatic carbocycles. The number of benzene rings is 2. The SMILES string of the molecule is CSc1ccccc1NC(=O)CN(C)C(=O)CSc1nc2ccccc2[nH]1. The highest BCUT2D eigenvalue weighted by molar-refractivity contribution is 7.99. The molecule has 0 bridgehead atoms. The third kappa shape index (κ3) is 5.05. The van der Waals surface area contributed by atoms with Crippen molar-refractivity contribution in [3.8, 4) is 0 Å². The summed E-state index contributed by atoms with van der Waals surface area (Å²) >= 11 is 2.89. The Balaban J connectivity index is 1.51. The predicted octanol–water partition coefficient (Wildman–Crippen LogP) is 3.47. The monoisotopic (exact) mass is 400 g/mol. The van der Waals surface area contributed by atoms with Gasteiger partial charge in [-0.1, -0.05) is 36.0 Å². The second kappa shape index (κ2) is 8.96. The molecular formula is C19H20N4O2S2. The number of H-pyrrole nitrogens is 1. The number of nitrogens with zero attached hydrogens (tertiary/aromatic N) is 2. The molecule has 140 valence electrons. The van der Waals surface area contributed by atoms with Crippen molar-refractivity contribution in [1.82, 2.24) is 14.9 Å². The van der Waals surface area contributed by atoms with Crippen molar-refractivity contribution in [2.24, 2.45) is 0 Å². The van der Waals surface area contributed by atoms with Gasteiger partial charge in [-0.05, 0) is 30.5 Å². The Labute approximate surface area is 166 Å². The Morgan fingerprint density at radius 1 is 1.15 bits per heavy atom. The molecule has 1 heterocycles. The number of hydrogen-bond acceptors (Lipinski definition) is 5. The third-order valence-corrected chi connectivity index (χ3v) is 5.54. The van der Waals surface area contributed by atoms with Crippen LogP contribution in [0.4, 0.5) is 5.69 Å². The van der Waals surface area contributed by atoms with Gasteiger partial charge in [-0.25, -0.2) is 4.98 Å². The first-order valence-electron chi connectivity index (χ1n) is 8.31. The van der Waals surface area contributed by atoms with Gasteiger partial charge in [0.05, 0.1) is 29.0 Å². The highest BCUT2D eigenvalue weighted by Gasteiger charge is 2.15. The average Bonchev–Trinajstić information content (AvgIpc) is 3.09. The van der Waals surface area contributed by atoms with E-state index in [1.807, 2.05) is 54.8 Å². The summed E-state index contributed by atoms with van der Waals surface area (Å²) < 4.78 is 0. The maximum atomic E-state index is 12.3. The lowest BCUT2D eigenvalue weighted by molar-refractivity contribution is -0.131. The van der Waals surface area contributed by atoms with E-state index in [0.29, 0.717) is 5.16 Å². The fraction of sp³-hybridized carbons (Fsp3) is 0.211. The fourth-order valence-electron chi connectivity index (χ4n) is 2.48. The Hall–Kier alpha value is -2.45. The molecule has 0 unspecified atom stereocenters. The van der Waals surface area contributed by atoms with Crippen LogP contribution in [0, 0.1) is 0 Å². The highest BCUT2D eigenvalue weighted by Crippen LogP contribution is 2.24. The largest absolute Gasteiger partial charge is 0.336 e. The van der Waals surface area contributed by atoms with Crippen LogP contribution in [0.15, 0.2) is 58.6 Å². The first-order valence-corrected chi connectivity index (χ1v) is 10.5. The topological polar surface area (TPSA) is 78.1 Å². The van der Waals surface area contributed by atoms with Gasteiger partial charge in [0, 0.05) is 11.9 Å². The molecular weight excluding hydrogens is 380 g/mol. The molecule has 8 heteroatoms. The number of aromatic nitrogens is 2. The van der Waals surface area contributed by atoms with E-state index in [-0.39, 0.29) is 24.1 Å². The Morgan fingerprint density at radius 3 is 2.67 bits per heavy atom. The third-order valence-electron chi connectivity index (χ3n) is 3.89. The molecule has 6 nitrogen and oxygen atoms in total. The number of rotatable bonds is 7. The van der Waals surface area contributed by atoms with Gasteiger partial charge in [-0.15, -0.1) is 11.8 Å². The van der Waals surface area contributed by atoms with Gasteiger partial charge in [-0.3, -0.25) is 9.59 Å². The number of thioether (sulfide) groups is 2. The van der Waals surface area contributed by atoms with Crippen molar-refractivity contribution in [3.05, 3.63) is 48.5 Å². The number of likely N-dealkylation sites (N-methyl/N-ethyl adjacent to an activating group) is 1. The van der Waals surface area contributed by atoms with E-state index in [2.05, 4.69) is 15.3 Å². The summed E-state index contributed by atoms with van der Waals surface area (Å²) in [5.74, 6) is -0.139. The minimum Gasteiger partial charge on any atom is -0.336 e. The summed E-state index contributed by atoms with van der Waals surface area (Å²) in [7, 11) is 1.63. The molecule has 3 aromatic rings. The molecule has 2 N–H and O–H groups in total. The molecule has 0 aliphatic heterocycles. The molecule has 1 aromatic heterocycles. The van der Waals surface area contributed by atoms with Gasteiger partial charge in [0.25, 0.3) is 0 Å². The number of nitrogens with one attached hydrogen (secondary N) is 2. The van der Waals surface area contributed by atoms with Gasteiger partial charge in [0.1, 0.15) is 0 Å². The number of carbonyl (C=O) groups excluding carboxylic acids is 2. The van der Waals surface area contributed by atoms with Gasteiger partial charge < -0.3 is 15.2 Å². The van der Waals surface area contributed by atoms with Crippen LogP contribution in [0.1, 0.15) is 0 Å². The molecule has 0 fully saturated rings. The number of imidazole rings is 1. The van der Waals surface area contributed by atoms with E-state index in [1.165, 1.54) is 16.7 Å². The lowest BCUT2D eigenvalue weighted by atomic mass is 10.3. The minimum atomic E-state index is -0.221. The van der Waals surface area contributed by atoms with Crippen molar-refractivity contribution in [2.75, 3.05) is 30.9 Å². The van der Waals surface area contributed by atoms with E-state index < -0.39 is 0 Å². The molecule has 0 saturated carbocycles. The average molecular weight is 401 g/mol. The standard InChI is InChI=1S/C19H20N4O2S2/c1-23(11-17(24)20-15-9-5-6-10-16(15)26-2)18(25)12-27-19-21-13-7-3-4-8-14(13)22-19/h3-10H,11-12H2,1-2H3,(H,20,24)(H,21,22). The minimum absolute atomic E-state index is 0.00222. The summed E-state index contributed by atoms with van der Waals surface area (Å²) in [5, 5.41) is 3.55. The maximum Gasteiger partial charge on any atom is 0.244 e. The molecule has 0 radical (unpaired) electrons. The zero-order valence-electron chi connectivity index (χ0n) is 15.1. The number of amides is 2. The molecule has 27 heavy (non-hydrogen) atoms. The zero-order valence-corrected chi connectivity index (χ0v) is 16.7. The van der Waals surface area contributed by atoms with Crippen LogP contribution in [0.2, 0.25) is 0 Å². The number of aromatic amines is 1. The Morgan fingerprint density at radius 2 is 1.89 bits per heavy atom. The van der Waals surface area contributed by atoms with Crippen LogP contribution in [-0.4, -0.2) is 52.3 Å². The quantitative estimate of drug-likeness (QED) is 0.594. The predicted molar refractivity (Wildman–Crippen MR) is 111 cm³/mol. The lowest BCUT2D eigenvalue weighted by Crippen LogP contribution is -2.36. The van der Waals surface area contributed by atoms with E-state index in [9.17, 15) is 9.59 Å². The molecule has 2 amide bonds. The van der Waals surface area contributed by atoms with Crippen LogP contribution < -0.4 is 5.32 Å². The van der Waals surface area contributed by atoms with Crippen molar-refractivity contribution in [3.63, 3.8) is 0 Å². The number of fused-ring (bicyclic) bond motifs is 1. The van der Waals surface area contributed by atoms with Crippen LogP contribution in [0.5, 0.6) is 0 Å². The van der Waals surface area contributed by atoms with Crippen LogP contribution in [-0.2, 0) is 9.59 Å². The normalized spacial score (nSPS) is 10.7. The van der Waals surface area contributed by atoms with Crippen LogP contribution in [0.25, 0.3) is 11.0 Å². The van der Waals surface area contributed by atoms with Crippen molar-refractivity contribution in [1.29, 1.82) is 0 Å². The first kappa shape index (κ1) is 19.3. The second-order valence-electron chi connectivity index (χ2n) is 5.85. The molecule has 0 saturated heterocycles. The van der Waals surface area contributed by atoms with Crippen LogP contribution in [0.3, 0.4) is 0 Å². The molecule has 2 aromatic carbocycles. The zero-order chi connectivity index (χ0) is 19.2. The second-order valence-corrected chi connectivity index (χ2v) is 7.66. The molecule has 0 atom stereocenters. The lowest BCUT2D eigenvalue weighted by Gasteiger charge is -2.17. The summed E-state index contributed by atoms with van der Waals surface area (Å²) in [5.41, 5.74) is 2.56. The van der Waals surface area contributed by atoms with Gasteiger partial charge >= 0.3 is 0 Å². The van der Waals surface area contributed by atoms with Crippen molar-refractivity contribution < 1.29 is 9.59 Å². The number of para-hydroxylation sites is 3. The molecule has 3 rings (SSSR count). The van der Waals surface area contributed by atoms with E-state index in [0.717, 1.165) is 21.6 Å². The first-order chi connectivity index (χ1) is 13.1. The summed E-state index contributed by atoms with van der Waals surface area (Å²) in [6, 6.07) is 15.3. The van der Waals surface area contributed by atoms with E-state index in [4.69, 9.17) is 0 Å². The van der Waals surface area contributed by atoms with Gasteiger partial charge in [0.15, 0.2) is 5.16 Å². The summed E-state index contributed by atoms with van der Waals surface area (Å²) in [6.07, 6.45) is 1.95. The van der Waals surface area contributed by atoms with Crippen molar-refractivity contribution in [2.45, 2.75) is 10.1 Å². The maximum absolute atomic E-state index is 12.3.